The molecule has 0 spiro atoms. The van der Waals surface area contributed by atoms with Crippen LogP contribution in [0, 0.1) is 5.92 Å². The molecule has 4 heteroatoms. The molecule has 4 nitrogen and oxygen atoms in total. The van der Waals surface area contributed by atoms with E-state index in [9.17, 15) is 4.79 Å². The number of carbonyl (C=O) groups is 1. The van der Waals surface area contributed by atoms with Gasteiger partial charge in [0.15, 0.2) is 0 Å². The van der Waals surface area contributed by atoms with Crippen LogP contribution in [-0.2, 0) is 4.79 Å². The Kier molecular flexibility index (Phi) is 9.58. The van der Waals surface area contributed by atoms with E-state index in [1.54, 1.807) is 12.4 Å². The number of hydrogen-bond donors (Lipinski definition) is 0. The van der Waals surface area contributed by atoms with Gasteiger partial charge in [-0.25, -0.2) is 4.42 Å². The van der Waals surface area contributed by atoms with Gasteiger partial charge in [-0.3, -0.25) is 0 Å². The average molecular weight is 293 g/mol. The zero-order valence-corrected chi connectivity index (χ0v) is 13.5. The molecule has 0 radical (unpaired) electrons. The summed E-state index contributed by atoms with van der Waals surface area (Å²) < 4.78 is 5.27. The molecule has 0 aromatic carbocycles. The lowest BCUT2D eigenvalue weighted by atomic mass is 9.94. The van der Waals surface area contributed by atoms with Gasteiger partial charge in [0.2, 0.25) is 0 Å². The van der Waals surface area contributed by atoms with Gasteiger partial charge < -0.3 is 0 Å². The molecule has 0 aromatic rings. The van der Waals surface area contributed by atoms with Crippen molar-refractivity contribution in [2.45, 2.75) is 78.1 Å². The van der Waals surface area contributed by atoms with Crippen LogP contribution < -0.4 is 0 Å². The zero-order chi connectivity index (χ0) is 15.3. The van der Waals surface area contributed by atoms with Crippen LogP contribution in [0.15, 0.2) is 9.98 Å². The molecule has 1 aliphatic rings. The largest absolute Gasteiger partial charge is 0.586 e. The summed E-state index contributed by atoms with van der Waals surface area (Å²) in [7, 11) is 0. The summed E-state index contributed by atoms with van der Waals surface area (Å²) in [5.74, 6) is -0.161. The summed E-state index contributed by atoms with van der Waals surface area (Å²) in [6, 6.07) is 0.187. The van der Waals surface area contributed by atoms with E-state index >= 15 is 0 Å². The van der Waals surface area contributed by atoms with E-state index in [0.29, 0.717) is 0 Å². The molecule has 0 atom stereocenters. The highest BCUT2D eigenvalue weighted by atomic mass is 16.5. The van der Waals surface area contributed by atoms with Crippen molar-refractivity contribution in [3.63, 3.8) is 0 Å². The minimum atomic E-state index is -0.158. The summed E-state index contributed by atoms with van der Waals surface area (Å²) in [6.45, 7) is 4.40. The highest BCUT2D eigenvalue weighted by molar-refractivity contribution is 6.25. The van der Waals surface area contributed by atoms with E-state index in [-0.39, 0.29) is 17.9 Å². The van der Waals surface area contributed by atoms with E-state index in [4.69, 9.17) is 4.42 Å². The summed E-state index contributed by atoms with van der Waals surface area (Å²) in [5, 5.41) is 0. The summed E-state index contributed by atoms with van der Waals surface area (Å²) in [4.78, 5) is 20.0. The predicted octanol–water partition coefficient (Wildman–Crippen LogP) is 4.88. The molecule has 2 amide bonds. The highest BCUT2D eigenvalue weighted by Gasteiger charge is 2.30. The SMILES string of the molecule is CCCCCCC(CCCCCC)C(=O)[O+]=C1N=CC=N1. The Bertz CT molecular complexity index is 360. The average Bonchev–Trinajstić information content (AvgIpc) is 2.98. The molecule has 0 aliphatic carbocycles. The van der Waals surface area contributed by atoms with Gasteiger partial charge in [0.05, 0.1) is 12.4 Å². The second-order valence-electron chi connectivity index (χ2n) is 5.66. The maximum atomic E-state index is 12.2. The van der Waals surface area contributed by atoms with Crippen LogP contribution in [0.25, 0.3) is 0 Å². The Labute approximate surface area is 128 Å². The second-order valence-corrected chi connectivity index (χ2v) is 5.66. The predicted molar refractivity (Wildman–Crippen MR) is 88.4 cm³/mol. The quantitative estimate of drug-likeness (QED) is 0.395. The van der Waals surface area contributed by atoms with Gasteiger partial charge in [-0.2, -0.15) is 9.98 Å². The Morgan fingerprint density at radius 3 is 1.95 bits per heavy atom. The molecule has 1 aliphatic heterocycles. The van der Waals surface area contributed by atoms with Crippen molar-refractivity contribution >= 4 is 24.4 Å². The first-order valence-corrected chi connectivity index (χ1v) is 8.43. The normalized spacial score (nSPS) is 13.4. The minimum Gasteiger partial charge on any atom is -0.231 e. The fraction of sp³-hybridized carbons (Fsp3) is 0.765. The smallest absolute Gasteiger partial charge is 0.231 e. The topological polar surface area (TPSA) is 53.1 Å². The van der Waals surface area contributed by atoms with Gasteiger partial charge >= 0.3 is 12.0 Å². The summed E-state index contributed by atoms with van der Waals surface area (Å²) >= 11 is 0. The third-order valence-corrected chi connectivity index (χ3v) is 3.77. The van der Waals surface area contributed by atoms with Gasteiger partial charge in [0, 0.05) is 4.79 Å². The fourth-order valence-corrected chi connectivity index (χ4v) is 2.47. The number of carbonyl (C=O) groups excluding carboxylic acids is 2. The number of urea groups is 1. The highest BCUT2D eigenvalue weighted by Crippen LogP contribution is 2.21. The molecule has 0 unspecified atom stereocenters. The first-order valence-electron chi connectivity index (χ1n) is 8.43. The Balaban J connectivity index is 2.44. The minimum absolute atomic E-state index is 0.00258. The monoisotopic (exact) mass is 293 g/mol. The van der Waals surface area contributed by atoms with Crippen LogP contribution in [0.5, 0.6) is 0 Å². The fourth-order valence-electron chi connectivity index (χ4n) is 2.47. The molecule has 0 N–H and O–H groups in total. The maximum Gasteiger partial charge on any atom is 0.586 e. The number of hydrogen-bond acceptors (Lipinski definition) is 1. The molecule has 1 rings (SSSR count). The molecule has 21 heavy (non-hydrogen) atoms. The summed E-state index contributed by atoms with van der Waals surface area (Å²) in [6.07, 6.45) is 14.4. The number of nitrogens with zero attached hydrogens (tertiary/aromatic N) is 2. The van der Waals surface area contributed by atoms with Crippen LogP contribution in [0.2, 0.25) is 0 Å². The Morgan fingerprint density at radius 1 is 0.952 bits per heavy atom. The van der Waals surface area contributed by atoms with Crippen molar-refractivity contribution in [2.75, 3.05) is 0 Å². The van der Waals surface area contributed by atoms with Gasteiger partial charge in [-0.15, -0.1) is 0 Å². The van der Waals surface area contributed by atoms with Gasteiger partial charge in [0.1, 0.15) is 5.92 Å². The molecular formula is C17H29N2O2+. The molecular weight excluding hydrogens is 264 g/mol. The molecule has 118 valence electrons. The standard InChI is InChI=1S/C17H29N2O2/c1-3-5-7-9-11-15(12-10-8-6-4-2)16(20)21-17-18-13-14-19-17/h13-15H,3-12H2,1-2H3/q+1. The number of amides is 2. The van der Waals surface area contributed by atoms with Crippen LogP contribution in [0.3, 0.4) is 0 Å². The van der Waals surface area contributed by atoms with E-state index in [2.05, 4.69) is 23.8 Å². The molecule has 0 bridgehead atoms. The molecule has 0 saturated carbocycles. The lowest BCUT2D eigenvalue weighted by Gasteiger charge is -2.07. The summed E-state index contributed by atoms with van der Waals surface area (Å²) in [5.41, 5.74) is 0. The first kappa shape index (κ1) is 17.7. The number of unbranched alkanes of at least 4 members (excludes halogenated alkanes) is 6. The molecule has 0 fully saturated rings. The molecule has 0 saturated heterocycles. The zero-order valence-electron chi connectivity index (χ0n) is 13.5. The van der Waals surface area contributed by atoms with Gasteiger partial charge in [-0.1, -0.05) is 65.2 Å². The Morgan fingerprint density at radius 2 is 1.48 bits per heavy atom. The van der Waals surface area contributed by atoms with E-state index < -0.39 is 0 Å². The van der Waals surface area contributed by atoms with Gasteiger partial charge in [0.25, 0.3) is 0 Å². The lowest BCUT2D eigenvalue weighted by molar-refractivity contribution is -0.197. The van der Waals surface area contributed by atoms with Crippen LogP contribution in [-0.4, -0.2) is 24.4 Å². The van der Waals surface area contributed by atoms with Gasteiger partial charge in [-0.05, 0) is 12.8 Å². The van der Waals surface area contributed by atoms with Crippen molar-refractivity contribution in [3.05, 3.63) is 0 Å². The number of rotatable bonds is 11. The van der Waals surface area contributed by atoms with E-state index in [0.717, 1.165) is 25.7 Å². The van der Waals surface area contributed by atoms with Crippen molar-refractivity contribution in [1.29, 1.82) is 0 Å². The third kappa shape index (κ3) is 7.88. The maximum absolute atomic E-state index is 12.2. The van der Waals surface area contributed by atoms with Crippen LogP contribution >= 0.6 is 0 Å². The number of aliphatic imine (C=N–C) groups is 2. The van der Waals surface area contributed by atoms with Crippen LogP contribution in [0.1, 0.15) is 78.1 Å². The van der Waals surface area contributed by atoms with E-state index in [1.165, 1.54) is 38.5 Å². The molecule has 1 heterocycles. The third-order valence-electron chi connectivity index (χ3n) is 3.77. The van der Waals surface area contributed by atoms with Crippen molar-refractivity contribution in [2.24, 2.45) is 15.9 Å². The lowest BCUT2D eigenvalue weighted by Crippen LogP contribution is -2.12. The Hall–Kier alpha value is -1.32. The van der Waals surface area contributed by atoms with Crippen molar-refractivity contribution in [3.8, 4) is 0 Å². The molecule has 0 aromatic heterocycles. The van der Waals surface area contributed by atoms with E-state index in [1.807, 2.05) is 0 Å². The van der Waals surface area contributed by atoms with Crippen LogP contribution in [0.4, 0.5) is 4.42 Å². The van der Waals surface area contributed by atoms with Crippen molar-refractivity contribution in [1.82, 2.24) is 0 Å². The first-order chi connectivity index (χ1) is 10.3. The van der Waals surface area contributed by atoms with Crippen molar-refractivity contribution < 1.29 is 9.22 Å². The second kappa shape index (κ2) is 11.4.